The molecule has 2 aliphatic heterocycles. The second-order valence-electron chi connectivity index (χ2n) is 9.38. The van der Waals surface area contributed by atoms with E-state index in [-0.39, 0.29) is 23.2 Å². The second kappa shape index (κ2) is 8.67. The molecule has 1 aliphatic carbocycles. The van der Waals surface area contributed by atoms with E-state index in [1.807, 2.05) is 16.7 Å². The highest BCUT2D eigenvalue weighted by Gasteiger charge is 2.39. The van der Waals surface area contributed by atoms with E-state index in [4.69, 9.17) is 4.74 Å². The number of fused-ring (bicyclic) bond motifs is 1. The molecule has 1 saturated heterocycles. The molecule has 2 fully saturated rings. The first-order chi connectivity index (χ1) is 15.1. The van der Waals surface area contributed by atoms with Crippen LogP contribution in [0.15, 0.2) is 24.3 Å². The van der Waals surface area contributed by atoms with Crippen LogP contribution in [0, 0.1) is 11.2 Å². The number of aromatic nitrogens is 3. The Kier molecular flexibility index (Phi) is 5.75. The van der Waals surface area contributed by atoms with E-state index in [9.17, 15) is 9.18 Å². The molecule has 0 unspecified atom stereocenters. The highest BCUT2D eigenvalue weighted by Crippen LogP contribution is 2.37. The number of nitrogens with zero attached hydrogens (tertiary/aromatic N) is 4. The second-order valence-corrected chi connectivity index (χ2v) is 9.38. The van der Waals surface area contributed by atoms with Crippen molar-refractivity contribution >= 4 is 5.91 Å². The Morgan fingerprint density at radius 2 is 1.90 bits per heavy atom. The van der Waals surface area contributed by atoms with Crippen molar-refractivity contribution in [2.45, 2.75) is 64.3 Å². The molecule has 1 N–H and O–H groups in total. The van der Waals surface area contributed by atoms with E-state index < -0.39 is 0 Å². The van der Waals surface area contributed by atoms with Crippen LogP contribution in [0.1, 0.15) is 60.5 Å². The van der Waals surface area contributed by atoms with Crippen LogP contribution < -0.4 is 5.32 Å². The standard InChI is InChI=1S/C23H30FN5O2/c24-18-7-5-17(6-8-18)13-28-11-9-23(10-12-28)15-29-20(14-31-16-23)26-27-21(29)22(30)25-19-3-1-2-4-19/h5-8,19H,1-4,9-16H2,(H,25,30). The van der Waals surface area contributed by atoms with E-state index in [2.05, 4.69) is 20.4 Å². The van der Waals surface area contributed by atoms with E-state index in [1.54, 1.807) is 0 Å². The smallest absolute Gasteiger partial charge is 0.289 e. The summed E-state index contributed by atoms with van der Waals surface area (Å²) >= 11 is 0. The Morgan fingerprint density at radius 3 is 2.65 bits per heavy atom. The molecule has 1 amide bonds. The Bertz CT molecular complexity index is 915. The van der Waals surface area contributed by atoms with Crippen LogP contribution >= 0.6 is 0 Å². The average Bonchev–Trinajstić information content (AvgIpc) is 3.38. The van der Waals surface area contributed by atoms with Crippen LogP contribution in [-0.4, -0.2) is 51.3 Å². The average molecular weight is 428 g/mol. The molecule has 3 aliphatic rings. The summed E-state index contributed by atoms with van der Waals surface area (Å²) in [5.74, 6) is 0.841. The van der Waals surface area contributed by atoms with Crippen molar-refractivity contribution in [2.75, 3.05) is 19.7 Å². The zero-order chi connectivity index (χ0) is 21.3. The number of nitrogens with one attached hydrogen (secondary N) is 1. The van der Waals surface area contributed by atoms with Gasteiger partial charge in [0.15, 0.2) is 5.82 Å². The number of amides is 1. The van der Waals surface area contributed by atoms with E-state index in [0.717, 1.165) is 56.7 Å². The third kappa shape index (κ3) is 4.50. The minimum atomic E-state index is -0.200. The summed E-state index contributed by atoms with van der Waals surface area (Å²) < 4.78 is 21.2. The van der Waals surface area contributed by atoms with Gasteiger partial charge in [0.25, 0.3) is 5.91 Å². The first kappa shape index (κ1) is 20.6. The lowest BCUT2D eigenvalue weighted by atomic mass is 9.78. The normalized spacial score (nSPS) is 21.7. The maximum Gasteiger partial charge on any atom is 0.289 e. The number of carbonyl (C=O) groups excluding carboxylic acids is 1. The molecular weight excluding hydrogens is 397 g/mol. The highest BCUT2D eigenvalue weighted by atomic mass is 19.1. The fraction of sp³-hybridized carbons (Fsp3) is 0.609. The van der Waals surface area contributed by atoms with Gasteiger partial charge in [0, 0.05) is 24.5 Å². The van der Waals surface area contributed by atoms with Gasteiger partial charge >= 0.3 is 0 Å². The fourth-order valence-electron chi connectivity index (χ4n) is 5.17. The molecule has 8 heteroatoms. The number of hydrogen-bond donors (Lipinski definition) is 1. The minimum Gasteiger partial charge on any atom is -0.373 e. The number of likely N-dealkylation sites (tertiary alicyclic amines) is 1. The Hall–Kier alpha value is -2.32. The maximum absolute atomic E-state index is 13.2. The monoisotopic (exact) mass is 427 g/mol. The van der Waals surface area contributed by atoms with Crippen molar-refractivity contribution in [3.8, 4) is 0 Å². The van der Waals surface area contributed by atoms with Gasteiger partial charge < -0.3 is 14.6 Å². The largest absolute Gasteiger partial charge is 0.373 e. The molecule has 31 heavy (non-hydrogen) atoms. The van der Waals surface area contributed by atoms with Gasteiger partial charge in [0.05, 0.1) is 6.61 Å². The van der Waals surface area contributed by atoms with Crippen molar-refractivity contribution in [3.05, 3.63) is 47.3 Å². The van der Waals surface area contributed by atoms with Crippen molar-refractivity contribution in [3.63, 3.8) is 0 Å². The predicted octanol–water partition coefficient (Wildman–Crippen LogP) is 2.90. The first-order valence-electron chi connectivity index (χ1n) is 11.4. The predicted molar refractivity (Wildman–Crippen MR) is 113 cm³/mol. The van der Waals surface area contributed by atoms with Gasteiger partial charge in [0.1, 0.15) is 12.4 Å². The van der Waals surface area contributed by atoms with Crippen LogP contribution in [0.3, 0.4) is 0 Å². The van der Waals surface area contributed by atoms with Crippen molar-refractivity contribution in [1.82, 2.24) is 25.0 Å². The van der Waals surface area contributed by atoms with Gasteiger partial charge in [0.2, 0.25) is 5.82 Å². The van der Waals surface area contributed by atoms with Crippen molar-refractivity contribution in [2.24, 2.45) is 5.41 Å². The molecule has 2 aromatic rings. The third-order valence-electron chi connectivity index (χ3n) is 7.09. The molecule has 0 bridgehead atoms. The number of ether oxygens (including phenoxy) is 1. The van der Waals surface area contributed by atoms with Crippen LogP contribution in [-0.2, 0) is 24.4 Å². The third-order valence-corrected chi connectivity index (χ3v) is 7.09. The summed E-state index contributed by atoms with van der Waals surface area (Å²) in [6.07, 6.45) is 6.40. The quantitative estimate of drug-likeness (QED) is 0.812. The van der Waals surface area contributed by atoms with Crippen LogP contribution in [0.4, 0.5) is 4.39 Å². The number of halogens is 1. The number of rotatable bonds is 4. The SMILES string of the molecule is O=C(NC1CCCC1)c1nnc2n1CC1(CCN(Cc3ccc(F)cc3)CC1)COC2. The molecule has 0 radical (unpaired) electrons. The summed E-state index contributed by atoms with van der Waals surface area (Å²) in [6.45, 7) is 4.50. The molecule has 3 heterocycles. The molecule has 0 atom stereocenters. The van der Waals surface area contributed by atoms with Gasteiger partial charge in [-0.2, -0.15) is 0 Å². The lowest BCUT2D eigenvalue weighted by Gasteiger charge is -2.41. The van der Waals surface area contributed by atoms with Gasteiger partial charge in [-0.25, -0.2) is 4.39 Å². The Balaban J connectivity index is 1.25. The van der Waals surface area contributed by atoms with E-state index in [0.29, 0.717) is 25.6 Å². The first-order valence-corrected chi connectivity index (χ1v) is 11.4. The van der Waals surface area contributed by atoms with Crippen molar-refractivity contribution < 1.29 is 13.9 Å². The number of hydrogen-bond acceptors (Lipinski definition) is 5. The van der Waals surface area contributed by atoms with Gasteiger partial charge in [-0.05, 0) is 56.5 Å². The lowest BCUT2D eigenvalue weighted by Crippen LogP contribution is -2.44. The van der Waals surface area contributed by atoms with Gasteiger partial charge in [-0.3, -0.25) is 9.69 Å². The Labute approximate surface area is 182 Å². The molecule has 7 nitrogen and oxygen atoms in total. The van der Waals surface area contributed by atoms with E-state index in [1.165, 1.54) is 25.0 Å². The summed E-state index contributed by atoms with van der Waals surface area (Å²) in [5, 5.41) is 11.6. The molecule has 1 spiro atoms. The van der Waals surface area contributed by atoms with Gasteiger partial charge in [-0.15, -0.1) is 10.2 Å². The topological polar surface area (TPSA) is 72.3 Å². The molecule has 1 aromatic heterocycles. The molecular formula is C23H30FN5O2. The van der Waals surface area contributed by atoms with Crippen LogP contribution in [0.5, 0.6) is 0 Å². The molecule has 166 valence electrons. The zero-order valence-electron chi connectivity index (χ0n) is 17.9. The van der Waals surface area contributed by atoms with Crippen LogP contribution in [0.25, 0.3) is 0 Å². The molecule has 1 aromatic carbocycles. The highest BCUT2D eigenvalue weighted by molar-refractivity contribution is 5.90. The fourth-order valence-corrected chi connectivity index (χ4v) is 5.17. The summed E-state index contributed by atoms with van der Waals surface area (Å²) in [4.78, 5) is 15.3. The number of piperidine rings is 1. The summed E-state index contributed by atoms with van der Waals surface area (Å²) in [5.41, 5.74) is 1.11. The maximum atomic E-state index is 13.2. The number of carbonyl (C=O) groups is 1. The Morgan fingerprint density at radius 1 is 1.16 bits per heavy atom. The molecule has 1 saturated carbocycles. The van der Waals surface area contributed by atoms with E-state index >= 15 is 0 Å². The minimum absolute atomic E-state index is 0.0185. The number of benzene rings is 1. The zero-order valence-corrected chi connectivity index (χ0v) is 17.9. The van der Waals surface area contributed by atoms with Crippen LogP contribution in [0.2, 0.25) is 0 Å². The van der Waals surface area contributed by atoms with Gasteiger partial charge in [-0.1, -0.05) is 25.0 Å². The lowest BCUT2D eigenvalue weighted by molar-refractivity contribution is -0.00570. The molecule has 5 rings (SSSR count). The summed E-state index contributed by atoms with van der Waals surface area (Å²) in [6, 6.07) is 7.00. The summed E-state index contributed by atoms with van der Waals surface area (Å²) in [7, 11) is 0. The van der Waals surface area contributed by atoms with Crippen molar-refractivity contribution in [1.29, 1.82) is 0 Å².